The summed E-state index contributed by atoms with van der Waals surface area (Å²) < 4.78 is 45.0. The van der Waals surface area contributed by atoms with Crippen LogP contribution in [0.25, 0.3) is 11.1 Å². The molecule has 0 aliphatic heterocycles. The van der Waals surface area contributed by atoms with Gasteiger partial charge in [-0.2, -0.15) is 13.2 Å². The molecule has 33 heavy (non-hydrogen) atoms. The van der Waals surface area contributed by atoms with E-state index in [0.717, 1.165) is 37.0 Å². The Hall–Kier alpha value is -2.62. The van der Waals surface area contributed by atoms with Crippen molar-refractivity contribution in [1.82, 2.24) is 15.2 Å². The molecule has 182 valence electrons. The second-order valence-corrected chi connectivity index (χ2v) is 8.66. The smallest absolute Gasteiger partial charge is 0.405 e. The average molecular weight is 469 g/mol. The molecule has 1 saturated carbocycles. The van der Waals surface area contributed by atoms with Gasteiger partial charge in [0.1, 0.15) is 18.1 Å². The summed E-state index contributed by atoms with van der Waals surface area (Å²) in [5, 5.41) is 21.0. The average Bonchev–Trinajstić information content (AvgIpc) is 3.23. The number of fused-ring (bicyclic) bond motifs is 1. The zero-order chi connectivity index (χ0) is 24.0. The van der Waals surface area contributed by atoms with Crippen LogP contribution < -0.4 is 5.32 Å². The Morgan fingerprint density at radius 2 is 2.03 bits per heavy atom. The fourth-order valence-corrected chi connectivity index (χ4v) is 4.46. The molecule has 3 N–H and O–H groups in total. The van der Waals surface area contributed by atoms with E-state index < -0.39 is 36.8 Å². The van der Waals surface area contributed by atoms with Crippen LogP contribution in [-0.2, 0) is 4.79 Å². The van der Waals surface area contributed by atoms with Gasteiger partial charge in [0.25, 0.3) is 0 Å². The molecule has 3 atom stereocenters. The maximum absolute atomic E-state index is 13.2. The van der Waals surface area contributed by atoms with E-state index in [0.29, 0.717) is 23.9 Å². The maximum Gasteiger partial charge on any atom is 0.405 e. The number of halogens is 3. The summed E-state index contributed by atoms with van der Waals surface area (Å²) in [6.07, 6.45) is 0.0564. The summed E-state index contributed by atoms with van der Waals surface area (Å²) >= 11 is 0. The van der Waals surface area contributed by atoms with Crippen LogP contribution in [0.4, 0.5) is 13.2 Å². The quantitative estimate of drug-likeness (QED) is 0.350. The molecular weight excluding hydrogens is 437 g/mol. The van der Waals surface area contributed by atoms with Gasteiger partial charge >= 0.3 is 6.18 Å². The lowest BCUT2D eigenvalue weighted by molar-refractivity contribution is -0.147. The fourth-order valence-electron chi connectivity index (χ4n) is 4.46. The third-order valence-corrected chi connectivity index (χ3v) is 6.22. The molecule has 0 spiro atoms. The van der Waals surface area contributed by atoms with Crippen molar-refractivity contribution in [3.8, 4) is 0 Å². The van der Waals surface area contributed by atoms with E-state index in [1.165, 1.54) is 0 Å². The van der Waals surface area contributed by atoms with Crippen LogP contribution in [0.5, 0.6) is 0 Å². The summed E-state index contributed by atoms with van der Waals surface area (Å²) in [6.45, 7) is 0.364. The summed E-state index contributed by atoms with van der Waals surface area (Å²) in [5.74, 6) is -0.492. The number of benzene rings is 1. The van der Waals surface area contributed by atoms with Crippen LogP contribution in [-0.4, -0.2) is 52.0 Å². The van der Waals surface area contributed by atoms with Gasteiger partial charge in [-0.05, 0) is 30.9 Å². The van der Waals surface area contributed by atoms with Gasteiger partial charge in [-0.3, -0.25) is 10.2 Å². The molecular formula is C23H31F3N4O3. The van der Waals surface area contributed by atoms with Crippen molar-refractivity contribution < 1.29 is 27.5 Å². The Labute approximate surface area is 190 Å². The van der Waals surface area contributed by atoms with Gasteiger partial charge in [0.15, 0.2) is 11.7 Å². The van der Waals surface area contributed by atoms with Crippen LogP contribution in [0, 0.1) is 11.3 Å². The van der Waals surface area contributed by atoms with Gasteiger partial charge in [-0.1, -0.05) is 51.2 Å². The van der Waals surface area contributed by atoms with Gasteiger partial charge in [0, 0.05) is 0 Å². The van der Waals surface area contributed by atoms with Crippen LogP contribution in [0.2, 0.25) is 0 Å². The number of hydrogen-bond acceptors (Lipinski definition) is 5. The van der Waals surface area contributed by atoms with Crippen molar-refractivity contribution >= 4 is 23.3 Å². The maximum atomic E-state index is 13.2. The zero-order valence-corrected chi connectivity index (χ0v) is 18.6. The van der Waals surface area contributed by atoms with Crippen LogP contribution in [0.3, 0.4) is 0 Å². The predicted octanol–water partition coefficient (Wildman–Crippen LogP) is 4.57. The number of hydrogen-bond donors (Lipinski definition) is 3. The number of nitrogens with zero attached hydrogens (tertiary/aromatic N) is 2. The van der Waals surface area contributed by atoms with E-state index in [2.05, 4.69) is 10.3 Å². The number of amides is 1. The number of carbonyl (C=O) groups is 1. The van der Waals surface area contributed by atoms with E-state index in [1.807, 2.05) is 0 Å². The molecule has 1 heterocycles. The molecule has 0 saturated heterocycles. The first-order valence-corrected chi connectivity index (χ1v) is 11.4. The number of aliphatic hydroxyl groups excluding tert-OH is 1. The number of aliphatic hydroxyl groups is 1. The largest absolute Gasteiger partial charge is 0.438 e. The molecule has 1 aromatic carbocycles. The summed E-state index contributed by atoms with van der Waals surface area (Å²) in [5.41, 5.74) is 1.05. The first-order valence-electron chi connectivity index (χ1n) is 11.4. The highest BCUT2D eigenvalue weighted by Gasteiger charge is 2.38. The Kier molecular flexibility index (Phi) is 8.34. The highest BCUT2D eigenvalue weighted by Crippen LogP contribution is 2.30. The summed E-state index contributed by atoms with van der Waals surface area (Å²) in [4.78, 5) is 18.2. The van der Waals surface area contributed by atoms with Crippen LogP contribution in [0.15, 0.2) is 28.7 Å². The molecule has 1 fully saturated rings. The standard InChI is InChI=1S/C23H31F3N4O3/c1-2-16(20(31)22-29-17-10-6-7-11-19(17)33-22)28-21(32)18(12-15-8-4-3-5-9-15)30(14-27)13-23(24,25)26/h6-7,10-11,14-16,18,20,27,31H,2-5,8-9,12-13H2,1H3,(H,28,32). The van der Waals surface area contributed by atoms with Crippen molar-refractivity contribution in [3.63, 3.8) is 0 Å². The lowest BCUT2D eigenvalue weighted by atomic mass is 9.84. The van der Waals surface area contributed by atoms with E-state index in [9.17, 15) is 23.1 Å². The van der Waals surface area contributed by atoms with E-state index in [-0.39, 0.29) is 18.2 Å². The Morgan fingerprint density at radius 1 is 1.33 bits per heavy atom. The molecule has 3 unspecified atom stereocenters. The Bertz CT molecular complexity index is 894. The minimum atomic E-state index is -4.55. The van der Waals surface area contributed by atoms with Crippen LogP contribution in [0.1, 0.15) is 63.9 Å². The third kappa shape index (κ3) is 6.69. The number of rotatable bonds is 10. The number of aromatic nitrogens is 1. The second kappa shape index (κ2) is 11.0. The molecule has 0 radical (unpaired) electrons. The van der Waals surface area contributed by atoms with Gasteiger partial charge < -0.3 is 19.7 Å². The lowest BCUT2D eigenvalue weighted by Crippen LogP contribution is -2.53. The lowest BCUT2D eigenvalue weighted by Gasteiger charge is -2.34. The number of carbonyl (C=O) groups excluding carboxylic acids is 1. The van der Waals surface area contributed by atoms with E-state index >= 15 is 0 Å². The van der Waals surface area contributed by atoms with Gasteiger partial charge in [-0.25, -0.2) is 4.98 Å². The topological polar surface area (TPSA) is 102 Å². The minimum Gasteiger partial charge on any atom is -0.438 e. The minimum absolute atomic E-state index is 0.0337. The monoisotopic (exact) mass is 468 g/mol. The molecule has 0 bridgehead atoms. The zero-order valence-electron chi connectivity index (χ0n) is 18.6. The first kappa shape index (κ1) is 25.0. The van der Waals surface area contributed by atoms with Gasteiger partial charge in [0.2, 0.25) is 11.8 Å². The normalized spacial score (nSPS) is 18.0. The van der Waals surface area contributed by atoms with Crippen molar-refractivity contribution in [2.45, 2.75) is 76.2 Å². The molecule has 7 nitrogen and oxygen atoms in total. The fraction of sp³-hybridized carbons (Fsp3) is 0.609. The highest BCUT2D eigenvalue weighted by molar-refractivity contribution is 5.84. The summed E-state index contributed by atoms with van der Waals surface area (Å²) in [6, 6.07) is 5.02. The molecule has 3 rings (SSSR count). The molecule has 10 heteroatoms. The Morgan fingerprint density at radius 3 is 2.64 bits per heavy atom. The highest BCUT2D eigenvalue weighted by atomic mass is 19.4. The van der Waals surface area contributed by atoms with E-state index in [1.54, 1.807) is 31.2 Å². The van der Waals surface area contributed by atoms with Crippen LogP contribution >= 0.6 is 0 Å². The van der Waals surface area contributed by atoms with Crippen molar-refractivity contribution in [2.75, 3.05) is 6.54 Å². The first-order chi connectivity index (χ1) is 15.7. The second-order valence-electron chi connectivity index (χ2n) is 8.66. The molecule has 1 aliphatic carbocycles. The van der Waals surface area contributed by atoms with Gasteiger partial charge in [-0.15, -0.1) is 0 Å². The molecule has 1 amide bonds. The SMILES string of the molecule is CCC(NC(=O)C(CC1CCCCC1)N(C=N)CC(F)(F)F)C(O)c1nc2ccccc2o1. The molecule has 1 aliphatic rings. The predicted molar refractivity (Wildman–Crippen MR) is 118 cm³/mol. The van der Waals surface area contributed by atoms with E-state index in [4.69, 9.17) is 9.83 Å². The third-order valence-electron chi connectivity index (χ3n) is 6.22. The van der Waals surface area contributed by atoms with Crippen molar-refractivity contribution in [1.29, 1.82) is 5.41 Å². The van der Waals surface area contributed by atoms with Crippen molar-refractivity contribution in [3.05, 3.63) is 30.2 Å². The van der Waals surface area contributed by atoms with Crippen molar-refractivity contribution in [2.24, 2.45) is 5.92 Å². The summed E-state index contributed by atoms with van der Waals surface area (Å²) in [7, 11) is 0. The number of alkyl halides is 3. The van der Waals surface area contributed by atoms with Gasteiger partial charge in [0.05, 0.1) is 12.4 Å². The number of oxazole rings is 1. The molecule has 2 aromatic rings. The molecule has 1 aromatic heterocycles. The number of para-hydroxylation sites is 2. The number of nitrogens with one attached hydrogen (secondary N) is 2. The Balaban J connectivity index is 1.77.